The van der Waals surface area contributed by atoms with Gasteiger partial charge in [0.25, 0.3) is 0 Å². The second kappa shape index (κ2) is 6.78. The summed E-state index contributed by atoms with van der Waals surface area (Å²) in [5.74, 6) is 0.646. The molecule has 2 N–H and O–H groups in total. The van der Waals surface area contributed by atoms with E-state index >= 15 is 0 Å². The number of thioether (sulfide) groups is 1. The molecule has 1 saturated heterocycles. The molecule has 0 aliphatic carbocycles. The molecule has 0 saturated carbocycles. The van der Waals surface area contributed by atoms with Crippen LogP contribution in [0.25, 0.3) is 0 Å². The third-order valence-electron chi connectivity index (χ3n) is 2.70. The zero-order valence-electron chi connectivity index (χ0n) is 9.57. The molecule has 0 aromatic carbocycles. The van der Waals surface area contributed by atoms with Crippen LogP contribution in [0.3, 0.4) is 0 Å². The van der Waals surface area contributed by atoms with Gasteiger partial charge in [0, 0.05) is 13.0 Å². The average molecular weight is 245 g/mol. The highest BCUT2D eigenvalue weighted by molar-refractivity contribution is 8.00. The van der Waals surface area contributed by atoms with E-state index in [4.69, 9.17) is 5.11 Å². The van der Waals surface area contributed by atoms with Crippen molar-refractivity contribution in [3.05, 3.63) is 0 Å². The Bertz CT molecular complexity index is 252. The topological polar surface area (TPSA) is 66.4 Å². The quantitative estimate of drug-likeness (QED) is 0.744. The van der Waals surface area contributed by atoms with E-state index in [2.05, 4.69) is 5.32 Å². The second-order valence-electron chi connectivity index (χ2n) is 4.28. The summed E-state index contributed by atoms with van der Waals surface area (Å²) in [5, 5.41) is 11.5. The maximum absolute atomic E-state index is 11.6. The lowest BCUT2D eigenvalue weighted by Crippen LogP contribution is -2.34. The molecule has 0 aromatic rings. The molecule has 0 bridgehead atoms. The van der Waals surface area contributed by atoms with Crippen molar-refractivity contribution in [1.82, 2.24) is 5.32 Å². The Labute approximate surface area is 100 Å². The van der Waals surface area contributed by atoms with Gasteiger partial charge in [0.1, 0.15) is 0 Å². The minimum Gasteiger partial charge on any atom is -0.481 e. The van der Waals surface area contributed by atoms with Gasteiger partial charge in [-0.2, -0.15) is 0 Å². The zero-order chi connectivity index (χ0) is 12.0. The number of rotatable bonds is 6. The third kappa shape index (κ3) is 4.88. The Balaban J connectivity index is 2.12. The van der Waals surface area contributed by atoms with Crippen LogP contribution in [0.1, 0.15) is 32.6 Å². The van der Waals surface area contributed by atoms with Gasteiger partial charge in [-0.15, -0.1) is 11.8 Å². The molecule has 1 heterocycles. The van der Waals surface area contributed by atoms with Crippen molar-refractivity contribution in [2.24, 2.45) is 5.92 Å². The smallest absolute Gasteiger partial charge is 0.303 e. The lowest BCUT2D eigenvalue weighted by molar-refractivity contribution is -0.137. The maximum atomic E-state index is 11.6. The van der Waals surface area contributed by atoms with E-state index in [0.29, 0.717) is 13.0 Å². The monoisotopic (exact) mass is 245 g/mol. The molecule has 0 radical (unpaired) electrons. The van der Waals surface area contributed by atoms with Crippen LogP contribution in [0.2, 0.25) is 0 Å². The predicted octanol–water partition coefficient (Wildman–Crippen LogP) is 1.50. The lowest BCUT2D eigenvalue weighted by Gasteiger charge is -2.14. The molecular weight excluding hydrogens is 226 g/mol. The fraction of sp³-hybridized carbons (Fsp3) is 0.818. The lowest BCUT2D eigenvalue weighted by atomic mass is 10.1. The summed E-state index contributed by atoms with van der Waals surface area (Å²) in [5.41, 5.74) is 0. The van der Waals surface area contributed by atoms with Gasteiger partial charge in [0.2, 0.25) is 5.91 Å². The van der Waals surface area contributed by atoms with Gasteiger partial charge in [-0.3, -0.25) is 9.59 Å². The standard InChI is InChI=1S/C11H19NO3S/c1-8(4-5-10(13)14)7-12-11(15)9-3-2-6-16-9/h8-9H,2-7H2,1H3,(H,12,15)(H,13,14). The molecule has 92 valence electrons. The number of hydrogen-bond acceptors (Lipinski definition) is 3. The van der Waals surface area contributed by atoms with Gasteiger partial charge in [0.15, 0.2) is 0 Å². The van der Waals surface area contributed by atoms with E-state index in [1.54, 1.807) is 11.8 Å². The van der Waals surface area contributed by atoms with Crippen LogP contribution in [0.4, 0.5) is 0 Å². The Kier molecular flexibility index (Phi) is 5.66. The summed E-state index contributed by atoms with van der Waals surface area (Å²) in [6, 6.07) is 0. The SMILES string of the molecule is CC(CCC(=O)O)CNC(=O)C1CCCS1. The molecule has 2 unspecified atom stereocenters. The number of carboxylic acids is 1. The van der Waals surface area contributed by atoms with Crippen LogP contribution < -0.4 is 5.32 Å². The molecule has 2 atom stereocenters. The Hall–Kier alpha value is -0.710. The van der Waals surface area contributed by atoms with Gasteiger partial charge in [-0.1, -0.05) is 6.92 Å². The van der Waals surface area contributed by atoms with E-state index < -0.39 is 5.97 Å². The molecule has 1 aliphatic heterocycles. The molecule has 1 aliphatic rings. The predicted molar refractivity (Wildman–Crippen MR) is 64.5 cm³/mol. The number of aliphatic carboxylic acids is 1. The first-order valence-corrected chi connectivity index (χ1v) is 6.75. The van der Waals surface area contributed by atoms with Crippen LogP contribution in [0.5, 0.6) is 0 Å². The first-order chi connectivity index (χ1) is 7.59. The van der Waals surface area contributed by atoms with E-state index in [9.17, 15) is 9.59 Å². The average Bonchev–Trinajstić information content (AvgIpc) is 2.76. The highest BCUT2D eigenvalue weighted by atomic mass is 32.2. The Morgan fingerprint density at radius 3 is 2.88 bits per heavy atom. The van der Waals surface area contributed by atoms with Crippen molar-refractivity contribution < 1.29 is 14.7 Å². The van der Waals surface area contributed by atoms with Gasteiger partial charge < -0.3 is 10.4 Å². The van der Waals surface area contributed by atoms with Gasteiger partial charge in [0.05, 0.1) is 5.25 Å². The van der Waals surface area contributed by atoms with E-state index in [0.717, 1.165) is 18.6 Å². The minimum absolute atomic E-state index is 0.115. The minimum atomic E-state index is -0.774. The number of carbonyl (C=O) groups is 2. The van der Waals surface area contributed by atoms with Crippen molar-refractivity contribution in [2.45, 2.75) is 37.9 Å². The fourth-order valence-corrected chi connectivity index (χ4v) is 2.83. The van der Waals surface area contributed by atoms with Crippen LogP contribution in [0, 0.1) is 5.92 Å². The normalized spacial score (nSPS) is 21.7. The molecule has 16 heavy (non-hydrogen) atoms. The van der Waals surface area contributed by atoms with Crippen molar-refractivity contribution in [3.8, 4) is 0 Å². The van der Waals surface area contributed by atoms with E-state index in [1.165, 1.54) is 0 Å². The highest BCUT2D eigenvalue weighted by Crippen LogP contribution is 2.26. The summed E-state index contributed by atoms with van der Waals surface area (Å²) in [6.07, 6.45) is 2.89. The maximum Gasteiger partial charge on any atom is 0.303 e. The van der Waals surface area contributed by atoms with Crippen LogP contribution in [-0.4, -0.2) is 34.5 Å². The largest absolute Gasteiger partial charge is 0.481 e. The van der Waals surface area contributed by atoms with Crippen molar-refractivity contribution >= 4 is 23.6 Å². The molecule has 1 rings (SSSR count). The molecule has 1 amide bonds. The first kappa shape index (κ1) is 13.4. The van der Waals surface area contributed by atoms with Crippen molar-refractivity contribution in [2.75, 3.05) is 12.3 Å². The zero-order valence-corrected chi connectivity index (χ0v) is 10.4. The van der Waals surface area contributed by atoms with Gasteiger partial charge >= 0.3 is 5.97 Å². The molecule has 4 nitrogen and oxygen atoms in total. The van der Waals surface area contributed by atoms with Crippen molar-refractivity contribution in [1.29, 1.82) is 0 Å². The number of carbonyl (C=O) groups excluding carboxylic acids is 1. The summed E-state index contributed by atoms with van der Waals surface area (Å²) in [6.45, 7) is 2.55. The molecule has 1 fully saturated rings. The van der Waals surface area contributed by atoms with E-state index in [-0.39, 0.29) is 23.5 Å². The second-order valence-corrected chi connectivity index (χ2v) is 5.60. The summed E-state index contributed by atoms with van der Waals surface area (Å²) >= 11 is 1.71. The Morgan fingerprint density at radius 1 is 1.56 bits per heavy atom. The third-order valence-corrected chi connectivity index (χ3v) is 4.07. The van der Waals surface area contributed by atoms with E-state index in [1.807, 2.05) is 6.92 Å². The number of nitrogens with one attached hydrogen (secondary N) is 1. The molecule has 0 aromatic heterocycles. The first-order valence-electron chi connectivity index (χ1n) is 5.70. The van der Waals surface area contributed by atoms with Crippen LogP contribution in [-0.2, 0) is 9.59 Å². The van der Waals surface area contributed by atoms with Crippen LogP contribution >= 0.6 is 11.8 Å². The number of hydrogen-bond donors (Lipinski definition) is 2. The number of amides is 1. The molecule has 0 spiro atoms. The summed E-state index contributed by atoms with van der Waals surface area (Å²) in [4.78, 5) is 22.0. The van der Waals surface area contributed by atoms with Gasteiger partial charge in [-0.25, -0.2) is 0 Å². The van der Waals surface area contributed by atoms with Crippen molar-refractivity contribution in [3.63, 3.8) is 0 Å². The Morgan fingerprint density at radius 2 is 2.31 bits per heavy atom. The summed E-state index contributed by atoms with van der Waals surface area (Å²) in [7, 11) is 0. The van der Waals surface area contributed by atoms with Gasteiger partial charge in [-0.05, 0) is 30.9 Å². The molecule has 5 heteroatoms. The number of carboxylic acid groups (broad SMARTS) is 1. The molecular formula is C11H19NO3S. The highest BCUT2D eigenvalue weighted by Gasteiger charge is 2.23. The van der Waals surface area contributed by atoms with Crippen LogP contribution in [0.15, 0.2) is 0 Å². The fourth-order valence-electron chi connectivity index (χ4n) is 1.65. The summed E-state index contributed by atoms with van der Waals surface area (Å²) < 4.78 is 0.